The Kier molecular flexibility index (Phi) is 2.82. The van der Waals surface area contributed by atoms with Crippen LogP contribution in [0.3, 0.4) is 0 Å². The second kappa shape index (κ2) is 4.33. The third-order valence-corrected chi connectivity index (χ3v) is 6.34. The standard InChI is InChI=1S/C17H26O2/c1-11-3-4-19-16(15(11)18-2)17-8-12-5-13(9-17)7-14(6-12)10-17/h12-16H,1,3-10H2,2H3. The molecule has 0 amide bonds. The largest absolute Gasteiger partial charge is 0.374 e. The molecule has 1 aliphatic heterocycles. The minimum absolute atomic E-state index is 0.144. The van der Waals surface area contributed by atoms with Crippen molar-refractivity contribution in [3.63, 3.8) is 0 Å². The molecule has 2 nitrogen and oxygen atoms in total. The summed E-state index contributed by atoms with van der Waals surface area (Å²) in [5, 5.41) is 0. The van der Waals surface area contributed by atoms with Gasteiger partial charge in [0.2, 0.25) is 0 Å². The second-order valence-corrected chi connectivity index (χ2v) is 7.64. The summed E-state index contributed by atoms with van der Waals surface area (Å²) in [7, 11) is 1.83. The van der Waals surface area contributed by atoms with Crippen molar-refractivity contribution in [1.29, 1.82) is 0 Å². The van der Waals surface area contributed by atoms with Gasteiger partial charge in [-0.25, -0.2) is 0 Å². The van der Waals surface area contributed by atoms with Crippen molar-refractivity contribution in [1.82, 2.24) is 0 Å². The summed E-state index contributed by atoms with van der Waals surface area (Å²) in [6.07, 6.45) is 10.0. The lowest BCUT2D eigenvalue weighted by Crippen LogP contribution is -2.57. The third-order valence-electron chi connectivity index (χ3n) is 6.34. The van der Waals surface area contributed by atoms with E-state index in [2.05, 4.69) is 6.58 Å². The van der Waals surface area contributed by atoms with Crippen molar-refractivity contribution in [3.05, 3.63) is 12.2 Å². The van der Waals surface area contributed by atoms with E-state index in [9.17, 15) is 0 Å². The molecule has 2 atom stereocenters. The molecule has 5 fully saturated rings. The molecule has 5 rings (SSSR count). The van der Waals surface area contributed by atoms with Crippen LogP contribution in [0, 0.1) is 23.2 Å². The molecule has 19 heavy (non-hydrogen) atoms. The van der Waals surface area contributed by atoms with E-state index in [1.165, 1.54) is 44.1 Å². The van der Waals surface area contributed by atoms with Crippen molar-refractivity contribution in [2.24, 2.45) is 23.2 Å². The van der Waals surface area contributed by atoms with Gasteiger partial charge in [0.25, 0.3) is 0 Å². The van der Waals surface area contributed by atoms with Crippen LogP contribution in [0.15, 0.2) is 12.2 Å². The van der Waals surface area contributed by atoms with Gasteiger partial charge in [-0.1, -0.05) is 6.58 Å². The normalized spacial score (nSPS) is 52.7. The van der Waals surface area contributed by atoms with Gasteiger partial charge in [0.05, 0.1) is 12.7 Å². The Balaban J connectivity index is 1.65. The highest BCUT2D eigenvalue weighted by molar-refractivity contribution is 5.15. The summed E-state index contributed by atoms with van der Waals surface area (Å²) >= 11 is 0. The Bertz CT molecular complexity index is 351. The van der Waals surface area contributed by atoms with Crippen molar-refractivity contribution in [2.45, 2.75) is 57.2 Å². The minimum atomic E-state index is 0.144. The Morgan fingerprint density at radius 2 is 1.68 bits per heavy atom. The number of hydrogen-bond acceptors (Lipinski definition) is 2. The third kappa shape index (κ3) is 1.83. The van der Waals surface area contributed by atoms with E-state index >= 15 is 0 Å². The molecular weight excluding hydrogens is 236 g/mol. The Hall–Kier alpha value is -0.340. The molecule has 0 radical (unpaired) electrons. The lowest BCUT2D eigenvalue weighted by molar-refractivity contribution is -0.185. The van der Waals surface area contributed by atoms with Crippen LogP contribution >= 0.6 is 0 Å². The van der Waals surface area contributed by atoms with Gasteiger partial charge in [-0.2, -0.15) is 0 Å². The lowest BCUT2D eigenvalue weighted by Gasteiger charge is -2.60. The predicted octanol–water partition coefficient (Wildman–Crippen LogP) is 3.56. The zero-order valence-electron chi connectivity index (χ0n) is 12.1. The zero-order chi connectivity index (χ0) is 13.0. The summed E-state index contributed by atoms with van der Waals surface area (Å²) < 4.78 is 12.0. The maximum Gasteiger partial charge on any atom is 0.105 e. The van der Waals surface area contributed by atoms with E-state index in [1.54, 1.807) is 0 Å². The van der Waals surface area contributed by atoms with Crippen LogP contribution in [0.2, 0.25) is 0 Å². The molecule has 1 saturated heterocycles. The van der Waals surface area contributed by atoms with Crippen LogP contribution in [0.4, 0.5) is 0 Å². The molecule has 4 saturated carbocycles. The predicted molar refractivity (Wildman–Crippen MR) is 74.9 cm³/mol. The van der Waals surface area contributed by atoms with Gasteiger partial charge in [-0.15, -0.1) is 0 Å². The van der Waals surface area contributed by atoms with Gasteiger partial charge in [0, 0.05) is 12.5 Å². The van der Waals surface area contributed by atoms with Crippen molar-refractivity contribution in [2.75, 3.05) is 13.7 Å². The van der Waals surface area contributed by atoms with E-state index in [4.69, 9.17) is 9.47 Å². The van der Waals surface area contributed by atoms with E-state index < -0.39 is 0 Å². The summed E-state index contributed by atoms with van der Waals surface area (Å²) in [6.45, 7) is 5.09. The zero-order valence-corrected chi connectivity index (χ0v) is 12.1. The molecule has 2 unspecified atom stereocenters. The molecular formula is C17H26O2. The van der Waals surface area contributed by atoms with E-state index in [-0.39, 0.29) is 12.2 Å². The van der Waals surface area contributed by atoms with Crippen molar-refractivity contribution in [3.8, 4) is 0 Å². The van der Waals surface area contributed by atoms with Crippen LogP contribution in [0.1, 0.15) is 44.9 Å². The van der Waals surface area contributed by atoms with Crippen LogP contribution in [-0.2, 0) is 9.47 Å². The summed E-state index contributed by atoms with van der Waals surface area (Å²) in [5.41, 5.74) is 1.67. The smallest absolute Gasteiger partial charge is 0.105 e. The van der Waals surface area contributed by atoms with Gasteiger partial charge in [0.1, 0.15) is 6.10 Å². The molecule has 0 aromatic carbocycles. The number of rotatable bonds is 2. The summed E-state index contributed by atoms with van der Waals surface area (Å²) in [6, 6.07) is 0. The van der Waals surface area contributed by atoms with E-state index in [0.29, 0.717) is 5.41 Å². The molecule has 0 spiro atoms. The fourth-order valence-electron chi connectivity index (χ4n) is 6.07. The van der Waals surface area contributed by atoms with Crippen LogP contribution < -0.4 is 0 Å². The molecule has 5 aliphatic rings. The van der Waals surface area contributed by atoms with Gasteiger partial charge in [0.15, 0.2) is 0 Å². The molecule has 2 heteroatoms. The lowest BCUT2D eigenvalue weighted by atomic mass is 9.47. The molecule has 1 heterocycles. The monoisotopic (exact) mass is 262 g/mol. The first-order valence-corrected chi connectivity index (χ1v) is 8.02. The summed E-state index contributed by atoms with van der Waals surface area (Å²) in [4.78, 5) is 0. The maximum atomic E-state index is 6.25. The fourth-order valence-corrected chi connectivity index (χ4v) is 6.07. The first-order chi connectivity index (χ1) is 9.20. The first-order valence-electron chi connectivity index (χ1n) is 8.02. The number of ether oxygens (including phenoxy) is 2. The maximum absolute atomic E-state index is 6.25. The molecule has 4 bridgehead atoms. The van der Waals surface area contributed by atoms with Crippen molar-refractivity contribution >= 4 is 0 Å². The Morgan fingerprint density at radius 1 is 1.11 bits per heavy atom. The second-order valence-electron chi connectivity index (χ2n) is 7.64. The highest BCUT2D eigenvalue weighted by Crippen LogP contribution is 2.62. The molecule has 0 aromatic rings. The van der Waals surface area contributed by atoms with Gasteiger partial charge in [-0.3, -0.25) is 0 Å². The topological polar surface area (TPSA) is 18.5 Å². The highest BCUT2D eigenvalue weighted by Gasteiger charge is 2.57. The molecule has 0 N–H and O–H groups in total. The Morgan fingerprint density at radius 3 is 2.21 bits per heavy atom. The SMILES string of the molecule is C=C1CCOC(C23CC4CC(CC(C4)C2)C3)C1OC. The Labute approximate surface area is 116 Å². The average molecular weight is 262 g/mol. The quantitative estimate of drug-likeness (QED) is 0.708. The van der Waals surface area contributed by atoms with Gasteiger partial charge in [-0.05, 0) is 68.3 Å². The van der Waals surface area contributed by atoms with Gasteiger partial charge < -0.3 is 9.47 Å². The number of methoxy groups -OCH3 is 1. The van der Waals surface area contributed by atoms with E-state index in [0.717, 1.165) is 30.8 Å². The van der Waals surface area contributed by atoms with Crippen molar-refractivity contribution < 1.29 is 9.47 Å². The first kappa shape index (κ1) is 12.4. The molecule has 0 aromatic heterocycles. The van der Waals surface area contributed by atoms with E-state index in [1.807, 2.05) is 7.11 Å². The molecule has 106 valence electrons. The minimum Gasteiger partial charge on any atom is -0.374 e. The fraction of sp³-hybridized carbons (Fsp3) is 0.882. The van der Waals surface area contributed by atoms with Crippen LogP contribution in [0.25, 0.3) is 0 Å². The summed E-state index contributed by atoms with van der Waals surface area (Å²) in [5.74, 6) is 2.92. The van der Waals surface area contributed by atoms with Crippen LogP contribution in [0.5, 0.6) is 0 Å². The molecule has 4 aliphatic carbocycles. The average Bonchev–Trinajstić information content (AvgIpc) is 2.36. The number of hydrogen-bond donors (Lipinski definition) is 0. The highest BCUT2D eigenvalue weighted by atomic mass is 16.5. The van der Waals surface area contributed by atoms with Crippen LogP contribution in [-0.4, -0.2) is 25.9 Å². The van der Waals surface area contributed by atoms with Gasteiger partial charge >= 0.3 is 0 Å².